The van der Waals surface area contributed by atoms with Gasteiger partial charge in [-0.3, -0.25) is 0 Å². The maximum absolute atomic E-state index is 3.71. The summed E-state index contributed by atoms with van der Waals surface area (Å²) in [5.41, 5.74) is 7.21. The number of hydrogen-bond donors (Lipinski definition) is 1. The van der Waals surface area contributed by atoms with Crippen molar-refractivity contribution in [2.75, 3.05) is 23.3 Å². The molecule has 21 heavy (non-hydrogen) atoms. The fraction of sp³-hybridized carbons (Fsp3) is 0.368. The van der Waals surface area contributed by atoms with Crippen molar-refractivity contribution in [1.29, 1.82) is 0 Å². The molecule has 2 aliphatic rings. The summed E-state index contributed by atoms with van der Waals surface area (Å²) < 4.78 is 0. The summed E-state index contributed by atoms with van der Waals surface area (Å²) in [6.07, 6.45) is 1.15. The van der Waals surface area contributed by atoms with Gasteiger partial charge < -0.3 is 10.2 Å². The van der Waals surface area contributed by atoms with Crippen LogP contribution in [-0.2, 0) is 6.42 Å². The van der Waals surface area contributed by atoms with Gasteiger partial charge in [0.05, 0.1) is 0 Å². The standard InChI is InChI=1S/C19H22N2/c1-3-21(4-2)14-10-9-13-11-18-19(16(13)12-14)15-7-5-6-8-17(15)20-18/h5-10,12,18-20H,3-4,11H2,1-2H3. The van der Waals surface area contributed by atoms with Gasteiger partial charge in [0.15, 0.2) is 0 Å². The molecule has 4 rings (SSSR count). The van der Waals surface area contributed by atoms with Gasteiger partial charge in [-0.05, 0) is 55.2 Å². The predicted molar refractivity (Wildman–Crippen MR) is 89.4 cm³/mol. The van der Waals surface area contributed by atoms with E-state index in [0.29, 0.717) is 12.0 Å². The van der Waals surface area contributed by atoms with Crippen molar-refractivity contribution in [2.24, 2.45) is 0 Å². The molecule has 1 aliphatic heterocycles. The molecule has 0 spiro atoms. The van der Waals surface area contributed by atoms with E-state index in [-0.39, 0.29) is 0 Å². The smallest absolute Gasteiger partial charge is 0.0411 e. The van der Waals surface area contributed by atoms with Crippen molar-refractivity contribution in [1.82, 2.24) is 0 Å². The van der Waals surface area contributed by atoms with Gasteiger partial charge in [0, 0.05) is 36.4 Å². The summed E-state index contributed by atoms with van der Waals surface area (Å²) in [4.78, 5) is 2.43. The molecule has 0 saturated heterocycles. The number of nitrogens with zero attached hydrogens (tertiary/aromatic N) is 1. The molecule has 0 saturated carbocycles. The molecule has 2 aromatic carbocycles. The Kier molecular flexibility index (Phi) is 2.91. The molecule has 0 amide bonds. The van der Waals surface area contributed by atoms with Gasteiger partial charge in [-0.25, -0.2) is 0 Å². The van der Waals surface area contributed by atoms with E-state index < -0.39 is 0 Å². The molecule has 2 nitrogen and oxygen atoms in total. The molecular weight excluding hydrogens is 256 g/mol. The Balaban J connectivity index is 1.78. The first-order chi connectivity index (χ1) is 10.3. The van der Waals surface area contributed by atoms with Gasteiger partial charge in [0.25, 0.3) is 0 Å². The third-order valence-corrected chi connectivity index (χ3v) is 5.07. The van der Waals surface area contributed by atoms with Crippen LogP contribution in [0.5, 0.6) is 0 Å². The van der Waals surface area contributed by atoms with Gasteiger partial charge in [0.1, 0.15) is 0 Å². The fourth-order valence-electron chi connectivity index (χ4n) is 4.03. The highest BCUT2D eigenvalue weighted by Crippen LogP contribution is 2.47. The molecule has 2 unspecified atom stereocenters. The third-order valence-electron chi connectivity index (χ3n) is 5.07. The second-order valence-electron chi connectivity index (χ2n) is 6.08. The highest BCUT2D eigenvalue weighted by molar-refractivity contribution is 5.67. The van der Waals surface area contributed by atoms with Crippen LogP contribution in [0.4, 0.5) is 11.4 Å². The summed E-state index contributed by atoms with van der Waals surface area (Å²) in [5.74, 6) is 0.534. The zero-order valence-corrected chi connectivity index (χ0v) is 12.8. The van der Waals surface area contributed by atoms with Crippen LogP contribution in [0.15, 0.2) is 42.5 Å². The van der Waals surface area contributed by atoms with Crippen molar-refractivity contribution >= 4 is 11.4 Å². The Labute approximate surface area is 126 Å². The van der Waals surface area contributed by atoms with Crippen LogP contribution in [0.3, 0.4) is 0 Å². The van der Waals surface area contributed by atoms with Crippen LogP contribution in [-0.4, -0.2) is 19.1 Å². The summed E-state index contributed by atoms with van der Waals surface area (Å²) in [6.45, 7) is 6.59. The normalized spacial score (nSPS) is 21.4. The quantitative estimate of drug-likeness (QED) is 0.912. The molecule has 108 valence electrons. The number of rotatable bonds is 3. The van der Waals surface area contributed by atoms with Crippen LogP contribution < -0.4 is 10.2 Å². The number of fused-ring (bicyclic) bond motifs is 5. The highest BCUT2D eigenvalue weighted by atomic mass is 15.1. The van der Waals surface area contributed by atoms with E-state index in [0.717, 1.165) is 19.5 Å². The second kappa shape index (κ2) is 4.80. The monoisotopic (exact) mass is 278 g/mol. The molecule has 1 heterocycles. The maximum atomic E-state index is 3.71. The summed E-state index contributed by atoms with van der Waals surface area (Å²) in [5, 5.41) is 3.71. The first kappa shape index (κ1) is 12.8. The summed E-state index contributed by atoms with van der Waals surface area (Å²) in [7, 11) is 0. The SMILES string of the molecule is CCN(CC)c1ccc2c(c1)C1c3ccccc3NC1C2. The Bertz CT molecular complexity index is 673. The molecular formula is C19H22N2. The molecule has 2 atom stereocenters. The van der Waals surface area contributed by atoms with E-state index in [1.54, 1.807) is 0 Å². The molecule has 0 fully saturated rings. The van der Waals surface area contributed by atoms with E-state index in [1.165, 1.54) is 28.1 Å². The van der Waals surface area contributed by atoms with E-state index in [9.17, 15) is 0 Å². The van der Waals surface area contributed by atoms with Crippen LogP contribution >= 0.6 is 0 Å². The minimum atomic E-state index is 0.534. The van der Waals surface area contributed by atoms with Gasteiger partial charge in [-0.2, -0.15) is 0 Å². The second-order valence-corrected chi connectivity index (χ2v) is 6.08. The lowest BCUT2D eigenvalue weighted by molar-refractivity contribution is 0.727. The first-order valence-corrected chi connectivity index (χ1v) is 8.05. The number of benzene rings is 2. The minimum Gasteiger partial charge on any atom is -0.381 e. The largest absolute Gasteiger partial charge is 0.381 e. The molecule has 2 aromatic rings. The lowest BCUT2D eigenvalue weighted by Crippen LogP contribution is -2.22. The van der Waals surface area contributed by atoms with Crippen molar-refractivity contribution in [3.05, 3.63) is 59.2 Å². The van der Waals surface area contributed by atoms with Gasteiger partial charge in [-0.1, -0.05) is 24.3 Å². The Morgan fingerprint density at radius 2 is 1.86 bits per heavy atom. The Hall–Kier alpha value is -1.96. The van der Waals surface area contributed by atoms with Crippen molar-refractivity contribution in [3.8, 4) is 0 Å². The minimum absolute atomic E-state index is 0.534. The Morgan fingerprint density at radius 3 is 2.67 bits per heavy atom. The predicted octanol–water partition coefficient (Wildman–Crippen LogP) is 4.01. The number of nitrogens with one attached hydrogen (secondary N) is 1. The maximum Gasteiger partial charge on any atom is 0.0411 e. The number of anilines is 2. The van der Waals surface area contributed by atoms with Crippen molar-refractivity contribution in [3.63, 3.8) is 0 Å². The molecule has 1 N–H and O–H groups in total. The van der Waals surface area contributed by atoms with Crippen molar-refractivity contribution < 1.29 is 0 Å². The molecule has 2 heteroatoms. The zero-order valence-electron chi connectivity index (χ0n) is 12.8. The Morgan fingerprint density at radius 1 is 1.05 bits per heavy atom. The van der Waals surface area contributed by atoms with Crippen LogP contribution in [0.1, 0.15) is 36.5 Å². The van der Waals surface area contributed by atoms with Gasteiger partial charge in [0.2, 0.25) is 0 Å². The molecule has 0 aromatic heterocycles. The van der Waals surface area contributed by atoms with Crippen LogP contribution in [0.2, 0.25) is 0 Å². The highest BCUT2D eigenvalue weighted by Gasteiger charge is 2.39. The summed E-state index contributed by atoms with van der Waals surface area (Å²) >= 11 is 0. The lowest BCUT2D eigenvalue weighted by atomic mass is 9.92. The van der Waals surface area contributed by atoms with E-state index in [1.807, 2.05) is 0 Å². The van der Waals surface area contributed by atoms with Crippen molar-refractivity contribution in [2.45, 2.75) is 32.2 Å². The topological polar surface area (TPSA) is 15.3 Å². The van der Waals surface area contributed by atoms with Crippen LogP contribution in [0.25, 0.3) is 0 Å². The lowest BCUT2D eigenvalue weighted by Gasteiger charge is -2.22. The average Bonchev–Trinajstić information content (AvgIpc) is 3.03. The third kappa shape index (κ3) is 1.85. The zero-order chi connectivity index (χ0) is 14.4. The average molecular weight is 278 g/mol. The van der Waals surface area contributed by atoms with Crippen LogP contribution in [0, 0.1) is 0 Å². The van der Waals surface area contributed by atoms with E-state index in [2.05, 4.69) is 66.5 Å². The number of para-hydroxylation sites is 1. The molecule has 0 radical (unpaired) electrons. The van der Waals surface area contributed by atoms with Gasteiger partial charge >= 0.3 is 0 Å². The van der Waals surface area contributed by atoms with Gasteiger partial charge in [-0.15, -0.1) is 0 Å². The fourth-order valence-corrected chi connectivity index (χ4v) is 4.03. The van der Waals surface area contributed by atoms with E-state index in [4.69, 9.17) is 0 Å². The number of hydrogen-bond acceptors (Lipinski definition) is 2. The molecule has 1 aliphatic carbocycles. The molecule has 0 bridgehead atoms. The van der Waals surface area contributed by atoms with E-state index >= 15 is 0 Å². The first-order valence-electron chi connectivity index (χ1n) is 8.05. The summed E-state index contributed by atoms with van der Waals surface area (Å²) in [6, 6.07) is 16.4.